The second-order valence-electron chi connectivity index (χ2n) is 10.2. The van der Waals surface area contributed by atoms with Gasteiger partial charge < -0.3 is 38.6 Å². The maximum absolute atomic E-state index is 12.6. The molecule has 5 aromatic carbocycles. The van der Waals surface area contributed by atoms with Crippen molar-refractivity contribution in [2.24, 2.45) is 0 Å². The van der Waals surface area contributed by atoms with E-state index in [0.717, 1.165) is 56.1 Å². The Hall–Kier alpha value is -3.28. The number of hydrogen-bond donors (Lipinski definition) is 0. The maximum Gasteiger partial charge on any atom is 3.00 e. The number of imidazole rings is 1. The van der Waals surface area contributed by atoms with Gasteiger partial charge in [-0.2, -0.15) is 18.2 Å². The summed E-state index contributed by atoms with van der Waals surface area (Å²) in [6.07, 6.45) is 4.83. The molecule has 0 amide bonds. The van der Waals surface area contributed by atoms with Gasteiger partial charge in [-0.05, 0) is 41.9 Å². The zero-order chi connectivity index (χ0) is 31.1. The summed E-state index contributed by atoms with van der Waals surface area (Å²) in [5.41, 5.74) is 8.68. The van der Waals surface area contributed by atoms with Gasteiger partial charge in [0, 0.05) is 78.9 Å². The maximum atomic E-state index is 12.6. The van der Waals surface area contributed by atoms with Crippen LogP contribution in [-0.2, 0) is 85.5 Å². The molecule has 5 radical (unpaired) electrons. The Morgan fingerprint density at radius 3 is 2.10 bits per heavy atom. The molecule has 0 aliphatic rings. The fourth-order valence-electron chi connectivity index (χ4n) is 4.96. The molecule has 3 heterocycles. The van der Waals surface area contributed by atoms with E-state index in [2.05, 4.69) is 69.3 Å². The van der Waals surface area contributed by atoms with E-state index in [4.69, 9.17) is 4.98 Å². The van der Waals surface area contributed by atoms with Crippen LogP contribution in [0.15, 0.2) is 140 Å². The van der Waals surface area contributed by atoms with Crippen LogP contribution in [0.1, 0.15) is 0 Å². The van der Waals surface area contributed by atoms with E-state index in [-0.39, 0.29) is 107 Å². The van der Waals surface area contributed by atoms with E-state index in [1.54, 1.807) is 12.3 Å². The van der Waals surface area contributed by atoms with Crippen LogP contribution in [0.3, 0.4) is 0 Å². The molecule has 0 aliphatic carbocycles. The number of aromatic nitrogens is 4. The summed E-state index contributed by atoms with van der Waals surface area (Å²) >= 11 is 0. The molecule has 0 unspecified atom stereocenters. The van der Waals surface area contributed by atoms with E-state index in [1.807, 2.05) is 97.1 Å². The van der Waals surface area contributed by atoms with E-state index < -0.39 is 0 Å². The van der Waals surface area contributed by atoms with Crippen molar-refractivity contribution in [3.8, 4) is 50.7 Å². The largest absolute Gasteiger partial charge is 3.00 e. The Morgan fingerprint density at radius 1 is 0.647 bits per heavy atom. The fourth-order valence-corrected chi connectivity index (χ4v) is 4.96. The molecule has 0 saturated carbocycles. The van der Waals surface area contributed by atoms with Gasteiger partial charge in [0.15, 0.2) is 0 Å². The van der Waals surface area contributed by atoms with E-state index in [0.29, 0.717) is 5.69 Å². The van der Waals surface area contributed by atoms with Crippen LogP contribution in [0.25, 0.3) is 61.8 Å². The van der Waals surface area contributed by atoms with Gasteiger partial charge in [0.1, 0.15) is 0 Å². The number of hydrogen-bond acceptors (Lipinski definition) is 3. The smallest absolute Gasteiger partial charge is 0.393 e. The monoisotopic (exact) mass is 987 g/mol. The Labute approximate surface area is 365 Å². The third-order valence-electron chi connectivity index (χ3n) is 7.15. The molecule has 51 heavy (non-hydrogen) atoms. The van der Waals surface area contributed by atoms with Crippen molar-refractivity contribution in [1.82, 2.24) is 19.5 Å². The number of benzene rings is 5. The van der Waals surface area contributed by atoms with E-state index >= 15 is 0 Å². The Morgan fingerprint density at radius 2 is 1.41 bits per heavy atom. The normalized spacial score (nSPS) is 9.67. The van der Waals surface area contributed by atoms with Crippen molar-refractivity contribution in [2.45, 2.75) is 0 Å². The predicted octanol–water partition coefficient (Wildman–Crippen LogP) is 9.17. The quantitative estimate of drug-likeness (QED) is 0.128. The topological polar surface area (TPSA) is 43.6 Å². The molecular weight excluding hydrogens is 960 g/mol. The van der Waals surface area contributed by atoms with Gasteiger partial charge in [0.25, 0.3) is 0 Å². The van der Waals surface area contributed by atoms with Gasteiger partial charge in [0.2, 0.25) is 0 Å². The second-order valence-corrected chi connectivity index (χ2v) is 10.2. The molecule has 0 bridgehead atoms. The Bertz CT molecular complexity index is 2200. The summed E-state index contributed by atoms with van der Waals surface area (Å²) in [5.74, 6) is 0.511. The molecular formula is C42H26BFIrN4Y2-4. The van der Waals surface area contributed by atoms with Crippen LogP contribution in [0.4, 0.5) is 4.39 Å². The summed E-state index contributed by atoms with van der Waals surface area (Å²) in [4.78, 5) is 13.5. The van der Waals surface area contributed by atoms with Crippen molar-refractivity contribution < 1.29 is 89.9 Å². The van der Waals surface area contributed by atoms with Gasteiger partial charge in [-0.15, -0.1) is 47.8 Å². The molecule has 0 fully saturated rings. The fraction of sp³-hybridized carbons (Fsp3) is 0. The third-order valence-corrected chi connectivity index (χ3v) is 7.15. The minimum atomic E-state index is -0.278. The van der Waals surface area contributed by atoms with E-state index in [1.165, 1.54) is 12.1 Å². The minimum Gasteiger partial charge on any atom is -0.393 e. The van der Waals surface area contributed by atoms with E-state index in [9.17, 15) is 4.39 Å². The van der Waals surface area contributed by atoms with Crippen LogP contribution >= 0.6 is 0 Å². The minimum absolute atomic E-state index is 0. The molecule has 0 saturated heterocycles. The van der Waals surface area contributed by atoms with Crippen molar-refractivity contribution in [1.29, 1.82) is 0 Å². The van der Waals surface area contributed by atoms with Crippen LogP contribution in [-0.4, -0.2) is 27.9 Å². The number of halogens is 1. The van der Waals surface area contributed by atoms with Crippen molar-refractivity contribution in [2.75, 3.05) is 0 Å². The molecule has 9 heteroatoms. The number of pyridine rings is 2. The van der Waals surface area contributed by atoms with Gasteiger partial charge >= 0.3 is 32.7 Å². The first kappa shape index (κ1) is 43.9. The molecule has 8 rings (SSSR count). The van der Waals surface area contributed by atoms with Crippen LogP contribution < -0.4 is 0 Å². The first-order valence-corrected chi connectivity index (χ1v) is 14.6. The number of rotatable bonds is 5. The SMILES string of the molecule is Fc1c[c-]c(-c2ccccn2)cc1.[B].[CH3-].[Ir].[Y+3].[Y].[c-]1ccc(-c2[c-]nc(-c3[c-]cccc3)[c-]c2)[c-]c1-c1nc2ccccc2n1-c1ccccc1. The Balaban J connectivity index is 0.000000430. The summed E-state index contributed by atoms with van der Waals surface area (Å²) in [5, 5.41) is 0. The Kier molecular flexibility index (Phi) is 18.3. The first-order valence-electron chi connectivity index (χ1n) is 14.6. The van der Waals surface area contributed by atoms with Gasteiger partial charge in [-0.1, -0.05) is 42.5 Å². The average Bonchev–Trinajstić information content (AvgIpc) is 3.53. The van der Waals surface area contributed by atoms with Crippen molar-refractivity contribution in [3.05, 3.63) is 189 Å². The molecule has 0 spiro atoms. The number of nitrogens with zero attached hydrogens (tertiary/aromatic N) is 4. The number of fused-ring (bicyclic) bond motifs is 1. The molecule has 8 aromatic rings. The summed E-state index contributed by atoms with van der Waals surface area (Å²) < 4.78 is 14.7. The van der Waals surface area contributed by atoms with Crippen molar-refractivity contribution in [3.63, 3.8) is 0 Å². The van der Waals surface area contributed by atoms with Gasteiger partial charge in [-0.25, -0.2) is 17.7 Å². The molecule has 0 aliphatic heterocycles. The summed E-state index contributed by atoms with van der Waals surface area (Å²) in [7, 11) is 0. The molecule has 243 valence electrons. The number of para-hydroxylation sites is 3. The standard InChI is InChI=1S/C30H16N3.C11H7FN.CH3.B.Ir.2Y/c1-3-10-22(11-4-1)27-19-18-25(21-31-27)23-12-9-13-24(20-23)30-32-28-16-7-8-17-29(28)33(30)26-14-5-2-6-15-26;12-10-6-4-9(5-7-10)11-3-1-2-8-13-11;;;;;/h1-10,12,14-18H;1-4,6-8H;1H3;;;;/q-5;2*-1;;;;+3. The summed E-state index contributed by atoms with van der Waals surface area (Å²) in [6, 6.07) is 57.8. The van der Waals surface area contributed by atoms with Crippen molar-refractivity contribution >= 4 is 19.4 Å². The van der Waals surface area contributed by atoms with Gasteiger partial charge in [-0.3, -0.25) is 39.8 Å². The molecule has 0 N–H and O–H groups in total. The van der Waals surface area contributed by atoms with Gasteiger partial charge in [0.05, 0.1) is 11.0 Å². The zero-order valence-corrected chi connectivity index (χ0v) is 35.6. The molecule has 3 aromatic heterocycles. The molecule has 4 nitrogen and oxygen atoms in total. The first-order chi connectivity index (χ1) is 22.7. The summed E-state index contributed by atoms with van der Waals surface area (Å²) in [6.45, 7) is 0. The van der Waals surface area contributed by atoms with Crippen LogP contribution in [0.2, 0.25) is 0 Å². The van der Waals surface area contributed by atoms with Crippen LogP contribution in [0, 0.1) is 49.8 Å². The predicted molar refractivity (Wildman–Crippen MR) is 190 cm³/mol. The average molecular weight is 987 g/mol. The molecule has 0 atom stereocenters. The zero-order valence-electron chi connectivity index (χ0n) is 27.5. The third kappa shape index (κ3) is 10.6. The second kappa shape index (κ2) is 21.3. The van der Waals surface area contributed by atoms with Crippen LogP contribution in [0.5, 0.6) is 0 Å².